The van der Waals surface area contributed by atoms with Gasteiger partial charge in [0.1, 0.15) is 5.82 Å². The first-order chi connectivity index (χ1) is 9.11. The summed E-state index contributed by atoms with van der Waals surface area (Å²) in [6.07, 6.45) is 0.903. The standard InChI is InChI=1S/C15H22N4/c1-11(2)9-14-17-15(19(3)18-14)13(10-16)12-7-5-4-6-8-12/h4-8,11,13H,9-10,16H2,1-3H3. The Morgan fingerprint density at radius 3 is 2.47 bits per heavy atom. The molecule has 4 heteroatoms. The van der Waals surface area contributed by atoms with Crippen molar-refractivity contribution in [3.63, 3.8) is 0 Å². The molecule has 2 aromatic rings. The highest BCUT2D eigenvalue weighted by Gasteiger charge is 2.19. The Bertz CT molecular complexity index is 516. The largest absolute Gasteiger partial charge is 0.329 e. The van der Waals surface area contributed by atoms with Crippen LogP contribution in [0.1, 0.15) is 37.0 Å². The van der Waals surface area contributed by atoms with Crippen LogP contribution in [-0.4, -0.2) is 21.3 Å². The Kier molecular flexibility index (Phi) is 4.32. The average Bonchev–Trinajstić information content (AvgIpc) is 2.72. The van der Waals surface area contributed by atoms with E-state index in [1.807, 2.05) is 29.9 Å². The summed E-state index contributed by atoms with van der Waals surface area (Å²) in [6.45, 7) is 4.89. The molecular formula is C15H22N4. The van der Waals surface area contributed by atoms with Crippen LogP contribution in [0, 0.1) is 5.92 Å². The zero-order chi connectivity index (χ0) is 13.8. The van der Waals surface area contributed by atoms with E-state index in [0.29, 0.717) is 12.5 Å². The van der Waals surface area contributed by atoms with Crippen molar-refractivity contribution in [2.24, 2.45) is 18.7 Å². The second-order valence-corrected chi connectivity index (χ2v) is 5.31. The van der Waals surface area contributed by atoms with Gasteiger partial charge in [-0.3, -0.25) is 4.68 Å². The molecule has 0 saturated heterocycles. The molecule has 2 rings (SSSR count). The van der Waals surface area contributed by atoms with Gasteiger partial charge in [-0.15, -0.1) is 0 Å². The van der Waals surface area contributed by atoms with Crippen LogP contribution in [-0.2, 0) is 13.5 Å². The number of rotatable bonds is 5. The van der Waals surface area contributed by atoms with Crippen LogP contribution < -0.4 is 5.73 Å². The van der Waals surface area contributed by atoms with Crippen LogP contribution in [0.25, 0.3) is 0 Å². The summed E-state index contributed by atoms with van der Waals surface area (Å²) in [6, 6.07) is 10.3. The van der Waals surface area contributed by atoms with Crippen molar-refractivity contribution >= 4 is 0 Å². The lowest BCUT2D eigenvalue weighted by Crippen LogP contribution is -2.18. The van der Waals surface area contributed by atoms with Crippen molar-refractivity contribution < 1.29 is 0 Å². The summed E-state index contributed by atoms with van der Waals surface area (Å²) in [5.74, 6) is 2.52. The molecule has 0 fully saturated rings. The van der Waals surface area contributed by atoms with Gasteiger partial charge in [0.05, 0.1) is 5.92 Å². The lowest BCUT2D eigenvalue weighted by Gasteiger charge is -2.13. The van der Waals surface area contributed by atoms with Crippen LogP contribution in [0.15, 0.2) is 30.3 Å². The van der Waals surface area contributed by atoms with Gasteiger partial charge in [-0.25, -0.2) is 4.98 Å². The molecule has 102 valence electrons. The molecule has 0 spiro atoms. The summed E-state index contributed by atoms with van der Waals surface area (Å²) in [5.41, 5.74) is 7.13. The monoisotopic (exact) mass is 258 g/mol. The third kappa shape index (κ3) is 3.20. The summed E-state index contributed by atoms with van der Waals surface area (Å²) in [5, 5.41) is 4.50. The van der Waals surface area contributed by atoms with Crippen molar-refractivity contribution in [1.29, 1.82) is 0 Å². The van der Waals surface area contributed by atoms with Crippen molar-refractivity contribution in [3.8, 4) is 0 Å². The van der Waals surface area contributed by atoms with E-state index in [4.69, 9.17) is 5.73 Å². The number of benzene rings is 1. The molecule has 4 nitrogen and oxygen atoms in total. The average molecular weight is 258 g/mol. The van der Waals surface area contributed by atoms with Gasteiger partial charge in [0.2, 0.25) is 0 Å². The number of aryl methyl sites for hydroxylation is 1. The molecule has 1 atom stereocenters. The minimum absolute atomic E-state index is 0.111. The van der Waals surface area contributed by atoms with E-state index in [1.54, 1.807) is 0 Å². The quantitative estimate of drug-likeness (QED) is 0.893. The molecule has 0 radical (unpaired) electrons. The molecule has 0 aliphatic heterocycles. The lowest BCUT2D eigenvalue weighted by molar-refractivity contribution is 0.609. The Morgan fingerprint density at radius 2 is 1.89 bits per heavy atom. The second-order valence-electron chi connectivity index (χ2n) is 5.31. The second kappa shape index (κ2) is 5.97. The lowest BCUT2D eigenvalue weighted by atomic mass is 9.98. The molecule has 0 aliphatic carbocycles. The molecule has 1 heterocycles. The summed E-state index contributed by atoms with van der Waals surface area (Å²) >= 11 is 0. The van der Waals surface area contributed by atoms with E-state index < -0.39 is 0 Å². The molecule has 1 aromatic heterocycles. The van der Waals surface area contributed by atoms with Gasteiger partial charge < -0.3 is 5.73 Å². The molecule has 0 bridgehead atoms. The van der Waals surface area contributed by atoms with Crippen molar-refractivity contribution in [2.75, 3.05) is 6.54 Å². The number of nitrogens with two attached hydrogens (primary N) is 1. The first-order valence-electron chi connectivity index (χ1n) is 6.76. The molecule has 1 unspecified atom stereocenters. The van der Waals surface area contributed by atoms with Gasteiger partial charge in [-0.05, 0) is 11.5 Å². The minimum Gasteiger partial charge on any atom is -0.329 e. The zero-order valence-corrected chi connectivity index (χ0v) is 11.9. The third-order valence-corrected chi connectivity index (χ3v) is 3.18. The molecule has 19 heavy (non-hydrogen) atoms. The maximum atomic E-state index is 5.94. The maximum Gasteiger partial charge on any atom is 0.151 e. The third-order valence-electron chi connectivity index (χ3n) is 3.18. The molecule has 0 amide bonds. The van der Waals surface area contributed by atoms with Crippen LogP contribution in [0.4, 0.5) is 0 Å². The topological polar surface area (TPSA) is 56.7 Å². The van der Waals surface area contributed by atoms with E-state index in [-0.39, 0.29) is 5.92 Å². The van der Waals surface area contributed by atoms with Crippen LogP contribution in [0.3, 0.4) is 0 Å². The Hall–Kier alpha value is -1.68. The molecule has 1 aromatic carbocycles. The van der Waals surface area contributed by atoms with Gasteiger partial charge >= 0.3 is 0 Å². The number of nitrogens with zero attached hydrogens (tertiary/aromatic N) is 3. The zero-order valence-electron chi connectivity index (χ0n) is 11.9. The van der Waals surface area contributed by atoms with E-state index in [1.165, 1.54) is 5.56 Å². The summed E-state index contributed by atoms with van der Waals surface area (Å²) in [4.78, 5) is 4.67. The summed E-state index contributed by atoms with van der Waals surface area (Å²) in [7, 11) is 1.94. The van der Waals surface area contributed by atoms with E-state index in [0.717, 1.165) is 18.1 Å². The predicted molar refractivity (Wildman–Crippen MR) is 76.9 cm³/mol. The van der Waals surface area contributed by atoms with Crippen LogP contribution >= 0.6 is 0 Å². The fourth-order valence-corrected chi connectivity index (χ4v) is 2.28. The number of hydrogen-bond acceptors (Lipinski definition) is 3. The number of hydrogen-bond donors (Lipinski definition) is 1. The molecule has 2 N–H and O–H groups in total. The molecule has 0 saturated carbocycles. The van der Waals surface area contributed by atoms with Gasteiger partial charge in [0, 0.05) is 20.0 Å². The van der Waals surface area contributed by atoms with Crippen molar-refractivity contribution in [3.05, 3.63) is 47.5 Å². The van der Waals surface area contributed by atoms with Gasteiger partial charge in [0.25, 0.3) is 0 Å². The molecule has 0 aliphatic rings. The highest BCUT2D eigenvalue weighted by molar-refractivity contribution is 5.26. The van der Waals surface area contributed by atoms with Crippen LogP contribution in [0.2, 0.25) is 0 Å². The smallest absolute Gasteiger partial charge is 0.151 e. The molecular weight excluding hydrogens is 236 g/mol. The Labute approximate surface area is 114 Å². The van der Waals surface area contributed by atoms with Crippen LogP contribution in [0.5, 0.6) is 0 Å². The first kappa shape index (κ1) is 13.7. The highest BCUT2D eigenvalue weighted by atomic mass is 15.3. The van der Waals surface area contributed by atoms with Gasteiger partial charge in [-0.2, -0.15) is 5.10 Å². The number of aromatic nitrogens is 3. The maximum absolute atomic E-state index is 5.94. The van der Waals surface area contributed by atoms with E-state index in [2.05, 4.69) is 36.1 Å². The normalized spacial score (nSPS) is 12.9. The van der Waals surface area contributed by atoms with Gasteiger partial charge in [-0.1, -0.05) is 44.2 Å². The Morgan fingerprint density at radius 1 is 1.21 bits per heavy atom. The van der Waals surface area contributed by atoms with E-state index in [9.17, 15) is 0 Å². The van der Waals surface area contributed by atoms with Gasteiger partial charge in [0.15, 0.2) is 5.82 Å². The SMILES string of the molecule is CC(C)Cc1nc(C(CN)c2ccccc2)n(C)n1. The van der Waals surface area contributed by atoms with E-state index >= 15 is 0 Å². The summed E-state index contributed by atoms with van der Waals surface area (Å²) < 4.78 is 1.86. The minimum atomic E-state index is 0.111. The fraction of sp³-hybridized carbons (Fsp3) is 0.467. The Balaban J connectivity index is 2.31. The highest BCUT2D eigenvalue weighted by Crippen LogP contribution is 2.22. The predicted octanol–water partition coefficient (Wildman–Crippen LogP) is 2.10. The fourth-order valence-electron chi connectivity index (χ4n) is 2.28. The van der Waals surface area contributed by atoms with Crippen molar-refractivity contribution in [2.45, 2.75) is 26.2 Å². The van der Waals surface area contributed by atoms with Crippen molar-refractivity contribution in [1.82, 2.24) is 14.8 Å². The first-order valence-corrected chi connectivity index (χ1v) is 6.76.